The molecule has 2 atom stereocenters. The van der Waals surface area contributed by atoms with E-state index in [2.05, 4.69) is 24.8 Å². The fourth-order valence-corrected chi connectivity index (χ4v) is 5.80. The molecule has 1 saturated carbocycles. The maximum atomic E-state index is 14.3. The molecule has 7 nitrogen and oxygen atoms in total. The minimum Gasteiger partial charge on any atom is -0.400 e. The number of fused-ring (bicyclic) bond motifs is 1. The van der Waals surface area contributed by atoms with E-state index < -0.39 is 5.92 Å². The van der Waals surface area contributed by atoms with Crippen molar-refractivity contribution in [2.45, 2.75) is 56.0 Å². The summed E-state index contributed by atoms with van der Waals surface area (Å²) in [5.41, 5.74) is 6.53. The molecule has 2 aliphatic heterocycles. The van der Waals surface area contributed by atoms with Crippen molar-refractivity contribution in [1.82, 2.24) is 24.8 Å². The minimum absolute atomic E-state index is 0.0241. The van der Waals surface area contributed by atoms with Crippen molar-refractivity contribution in [3.05, 3.63) is 18.6 Å². The summed E-state index contributed by atoms with van der Waals surface area (Å²) >= 11 is 0. The van der Waals surface area contributed by atoms with Crippen LogP contribution in [0.25, 0.3) is 11.0 Å². The van der Waals surface area contributed by atoms with E-state index in [-0.39, 0.29) is 18.5 Å². The first-order valence-corrected chi connectivity index (χ1v) is 10.8. The van der Waals surface area contributed by atoms with E-state index in [0.29, 0.717) is 17.8 Å². The van der Waals surface area contributed by atoms with Crippen molar-refractivity contribution in [1.29, 1.82) is 0 Å². The van der Waals surface area contributed by atoms with Gasteiger partial charge in [0.25, 0.3) is 5.92 Å². The summed E-state index contributed by atoms with van der Waals surface area (Å²) in [6.07, 6.45) is 8.36. The second-order valence-electron chi connectivity index (χ2n) is 8.94. The lowest BCUT2D eigenvalue weighted by molar-refractivity contribution is 0.0101. The Morgan fingerprint density at radius 1 is 1.23 bits per heavy atom. The molecule has 30 heavy (non-hydrogen) atoms. The fraction of sp³-hybridized carbons (Fsp3) is 0.714. The van der Waals surface area contributed by atoms with Crippen molar-refractivity contribution < 1.29 is 13.9 Å². The van der Waals surface area contributed by atoms with Crippen LogP contribution in [-0.4, -0.2) is 69.3 Å². The van der Waals surface area contributed by atoms with Crippen LogP contribution in [0.4, 0.5) is 14.6 Å². The maximum Gasteiger partial charge on any atom is 0.262 e. The zero-order chi connectivity index (χ0) is 21.4. The molecule has 1 aliphatic carbocycles. The molecule has 4 heterocycles. The van der Waals surface area contributed by atoms with Gasteiger partial charge in [-0.2, -0.15) is 0 Å². The zero-order valence-corrected chi connectivity index (χ0v) is 17.5. The Balaban J connectivity index is 0.00000106. The predicted molar refractivity (Wildman–Crippen MR) is 112 cm³/mol. The lowest BCUT2D eigenvalue weighted by atomic mass is 9.84. The van der Waals surface area contributed by atoms with Crippen LogP contribution in [0.1, 0.15) is 44.6 Å². The highest BCUT2D eigenvalue weighted by atomic mass is 19.3. The summed E-state index contributed by atoms with van der Waals surface area (Å²) in [6.45, 7) is 2.39. The average molecular weight is 423 g/mol. The van der Waals surface area contributed by atoms with E-state index in [1.165, 1.54) is 6.33 Å². The van der Waals surface area contributed by atoms with Crippen molar-refractivity contribution in [3.8, 4) is 0 Å². The van der Waals surface area contributed by atoms with Crippen molar-refractivity contribution in [3.63, 3.8) is 0 Å². The van der Waals surface area contributed by atoms with Gasteiger partial charge in [-0.3, -0.25) is 4.90 Å². The summed E-state index contributed by atoms with van der Waals surface area (Å²) in [4.78, 5) is 10.6. The van der Waals surface area contributed by atoms with Gasteiger partial charge >= 0.3 is 0 Å². The van der Waals surface area contributed by atoms with Gasteiger partial charge in [-0.15, -0.1) is 0 Å². The minimum atomic E-state index is -2.56. The molecule has 0 radical (unpaired) electrons. The molecule has 3 aliphatic rings. The third-order valence-electron chi connectivity index (χ3n) is 7.14. The SMILES string of the molecule is CO.Nc1ncnc2c1ccn2[C@H]1CC[C@@H](CN2CC(F)(F)CC23CCNCC3)C1. The first-order valence-electron chi connectivity index (χ1n) is 10.8. The van der Waals surface area contributed by atoms with Crippen molar-refractivity contribution >= 4 is 16.9 Å². The van der Waals surface area contributed by atoms with Gasteiger partial charge in [0.15, 0.2) is 0 Å². The van der Waals surface area contributed by atoms with Gasteiger partial charge in [0.05, 0.1) is 11.9 Å². The van der Waals surface area contributed by atoms with E-state index in [1.807, 2.05) is 12.3 Å². The molecule has 2 saturated heterocycles. The van der Waals surface area contributed by atoms with Crippen LogP contribution in [0.5, 0.6) is 0 Å². The number of halogens is 2. The van der Waals surface area contributed by atoms with Crippen LogP contribution in [0.2, 0.25) is 0 Å². The Labute approximate surface area is 175 Å². The van der Waals surface area contributed by atoms with E-state index >= 15 is 0 Å². The number of nitrogen functional groups attached to an aromatic ring is 1. The summed E-state index contributed by atoms with van der Waals surface area (Å²) in [6, 6.07) is 2.33. The molecule has 4 N–H and O–H groups in total. The second-order valence-corrected chi connectivity index (χ2v) is 8.94. The average Bonchev–Trinajstić information content (AvgIpc) is 3.41. The van der Waals surface area contributed by atoms with E-state index in [1.54, 1.807) is 0 Å². The third-order valence-corrected chi connectivity index (χ3v) is 7.14. The molecule has 3 fully saturated rings. The van der Waals surface area contributed by atoms with Gasteiger partial charge in [0, 0.05) is 37.9 Å². The lowest BCUT2D eigenvalue weighted by Gasteiger charge is -2.42. The van der Waals surface area contributed by atoms with E-state index in [9.17, 15) is 8.78 Å². The third kappa shape index (κ3) is 3.90. The number of rotatable bonds is 3. The van der Waals surface area contributed by atoms with Gasteiger partial charge in [-0.1, -0.05) is 0 Å². The van der Waals surface area contributed by atoms with Gasteiger partial charge in [0.2, 0.25) is 0 Å². The number of nitrogens with zero attached hydrogens (tertiary/aromatic N) is 4. The second kappa shape index (κ2) is 8.36. The number of alkyl halides is 2. The molecule has 1 spiro atoms. The topological polar surface area (TPSA) is 92.2 Å². The van der Waals surface area contributed by atoms with Crippen LogP contribution >= 0.6 is 0 Å². The van der Waals surface area contributed by atoms with Crippen LogP contribution in [0.3, 0.4) is 0 Å². The van der Waals surface area contributed by atoms with Crippen LogP contribution < -0.4 is 11.1 Å². The Kier molecular flexibility index (Phi) is 5.96. The first kappa shape index (κ1) is 21.4. The van der Waals surface area contributed by atoms with E-state index in [0.717, 1.165) is 69.9 Å². The molecule has 5 rings (SSSR count). The van der Waals surface area contributed by atoms with Crippen molar-refractivity contribution in [2.75, 3.05) is 39.0 Å². The number of piperidine rings is 1. The number of aromatic nitrogens is 3. The van der Waals surface area contributed by atoms with Crippen LogP contribution in [0.15, 0.2) is 18.6 Å². The summed E-state index contributed by atoms with van der Waals surface area (Å²) in [5.74, 6) is -1.60. The number of aliphatic hydroxyl groups excluding tert-OH is 1. The molecule has 0 bridgehead atoms. The molecular weight excluding hydrogens is 390 g/mol. The molecule has 2 aromatic rings. The highest BCUT2D eigenvalue weighted by Gasteiger charge is 2.55. The quantitative estimate of drug-likeness (QED) is 0.704. The Hall–Kier alpha value is -1.84. The molecule has 0 amide bonds. The van der Waals surface area contributed by atoms with E-state index in [4.69, 9.17) is 10.8 Å². The first-order chi connectivity index (χ1) is 14.5. The standard InChI is InChI=1S/C20H28F2N6.CH4O/c21-20(22)11-19(4-6-24-7-5-19)27(12-20)10-14-1-2-15(9-14)28-8-3-16-17(23)25-13-26-18(16)28;1-2/h3,8,13-15,24H,1-2,4-7,9-12H2,(H2,23,25,26);2H,1H3/t14-,15+;/m1./s1. The molecule has 0 aromatic carbocycles. The maximum absolute atomic E-state index is 14.3. The summed E-state index contributed by atoms with van der Waals surface area (Å²) < 4.78 is 30.8. The Bertz CT molecular complexity index is 866. The normalized spacial score (nSPS) is 28.0. The van der Waals surface area contributed by atoms with Gasteiger partial charge in [0.1, 0.15) is 17.8 Å². The summed E-state index contributed by atoms with van der Waals surface area (Å²) in [7, 11) is 1.00. The highest BCUT2D eigenvalue weighted by molar-refractivity contribution is 5.86. The van der Waals surface area contributed by atoms with Crippen LogP contribution in [-0.2, 0) is 0 Å². The van der Waals surface area contributed by atoms with Crippen molar-refractivity contribution in [2.24, 2.45) is 5.92 Å². The molecule has 9 heteroatoms. The monoisotopic (exact) mass is 422 g/mol. The van der Waals surface area contributed by atoms with Gasteiger partial charge < -0.3 is 20.7 Å². The smallest absolute Gasteiger partial charge is 0.262 e. The fourth-order valence-electron chi connectivity index (χ4n) is 5.80. The Morgan fingerprint density at radius 3 is 2.77 bits per heavy atom. The molecular formula is C21H32F2N6O. The lowest BCUT2D eigenvalue weighted by Crippen LogP contribution is -2.52. The van der Waals surface area contributed by atoms with Gasteiger partial charge in [-0.25, -0.2) is 18.7 Å². The van der Waals surface area contributed by atoms with Crippen LogP contribution in [0, 0.1) is 5.92 Å². The predicted octanol–water partition coefficient (Wildman–Crippen LogP) is 2.43. The molecule has 2 aromatic heterocycles. The number of likely N-dealkylation sites (tertiary alicyclic amines) is 1. The molecule has 166 valence electrons. The summed E-state index contributed by atoms with van der Waals surface area (Å²) in [5, 5.41) is 11.2. The highest BCUT2D eigenvalue weighted by Crippen LogP contribution is 2.46. The number of nitrogens with one attached hydrogen (secondary N) is 1. The molecule has 0 unspecified atom stereocenters. The largest absolute Gasteiger partial charge is 0.400 e. The number of hydrogen-bond acceptors (Lipinski definition) is 6. The Morgan fingerprint density at radius 2 is 2.00 bits per heavy atom. The number of aliphatic hydroxyl groups is 1. The van der Waals surface area contributed by atoms with Gasteiger partial charge in [-0.05, 0) is 57.2 Å². The zero-order valence-electron chi connectivity index (χ0n) is 17.5. The number of hydrogen-bond donors (Lipinski definition) is 3. The number of nitrogens with two attached hydrogens (primary N) is 1. The number of anilines is 1.